The van der Waals surface area contributed by atoms with E-state index in [1.807, 2.05) is 25.1 Å². The van der Waals surface area contributed by atoms with Gasteiger partial charge in [0.05, 0.1) is 12.2 Å². The Kier molecular flexibility index (Phi) is 7.02. The number of rotatable bonds is 7. The van der Waals surface area contributed by atoms with E-state index < -0.39 is 0 Å². The Labute approximate surface area is 173 Å². The van der Waals surface area contributed by atoms with Gasteiger partial charge in [-0.25, -0.2) is 4.79 Å². The van der Waals surface area contributed by atoms with Crippen LogP contribution in [0.5, 0.6) is 0 Å². The highest BCUT2D eigenvalue weighted by Gasteiger charge is 2.19. The predicted molar refractivity (Wildman–Crippen MR) is 119 cm³/mol. The molecule has 152 valence electrons. The van der Waals surface area contributed by atoms with Crippen molar-refractivity contribution in [3.63, 3.8) is 0 Å². The molecule has 0 saturated carbocycles. The maximum Gasteiger partial charge on any atom is 0.338 e. The molecule has 2 aromatic carbocycles. The van der Waals surface area contributed by atoms with Crippen LogP contribution < -0.4 is 0 Å². The molecule has 0 bridgehead atoms. The number of esters is 1. The summed E-state index contributed by atoms with van der Waals surface area (Å²) in [4.78, 5) is 14.6. The largest absolute Gasteiger partial charge is 0.462 e. The molecular formula is C25H29NO3. The lowest BCUT2D eigenvalue weighted by molar-refractivity contribution is 0.0482. The van der Waals surface area contributed by atoms with Crippen LogP contribution in [0.2, 0.25) is 0 Å². The van der Waals surface area contributed by atoms with Crippen molar-refractivity contribution < 1.29 is 14.6 Å². The van der Waals surface area contributed by atoms with Crippen molar-refractivity contribution in [1.82, 2.24) is 4.90 Å². The summed E-state index contributed by atoms with van der Waals surface area (Å²) in [6, 6.07) is 12.2. The molecule has 0 fully saturated rings. The van der Waals surface area contributed by atoms with Crippen molar-refractivity contribution >= 4 is 23.7 Å². The summed E-state index contributed by atoms with van der Waals surface area (Å²) in [6.45, 7) is 3.26. The molecule has 29 heavy (non-hydrogen) atoms. The van der Waals surface area contributed by atoms with Gasteiger partial charge in [0.1, 0.15) is 0 Å². The van der Waals surface area contributed by atoms with E-state index in [0.29, 0.717) is 12.0 Å². The lowest BCUT2D eigenvalue weighted by Gasteiger charge is -2.17. The summed E-state index contributed by atoms with van der Waals surface area (Å²) in [5.74, 6) is -0.349. The van der Waals surface area contributed by atoms with Gasteiger partial charge < -0.3 is 14.7 Å². The first-order valence-electron chi connectivity index (χ1n) is 10.1. The number of fused-ring (bicyclic) bond motifs is 2. The third kappa shape index (κ3) is 5.03. The SMILES string of the molecule is Cc1cc(C(=O)OCCCO)cc2c1/C(=C/CCN(C)C)c1ccccc1C=C2. The molecule has 0 atom stereocenters. The standard InChI is InChI=1S/C25H29NO3/c1-18-16-21(25(28)29-15-7-14-27)17-20-12-11-19-8-4-5-9-22(19)23(24(18)20)10-6-13-26(2)3/h4-5,8-12,16-17,27H,6-7,13-15H2,1-3H3/b23-10+. The number of carbonyl (C=O) groups excluding carboxylic acids is 1. The monoisotopic (exact) mass is 391 g/mol. The van der Waals surface area contributed by atoms with E-state index in [1.54, 1.807) is 0 Å². The van der Waals surface area contributed by atoms with Gasteiger partial charge >= 0.3 is 5.97 Å². The number of benzene rings is 2. The number of nitrogens with zero attached hydrogens (tertiary/aromatic N) is 1. The molecular weight excluding hydrogens is 362 g/mol. The first-order valence-corrected chi connectivity index (χ1v) is 10.1. The normalized spacial score (nSPS) is 13.9. The zero-order chi connectivity index (χ0) is 20.8. The van der Waals surface area contributed by atoms with Crippen molar-refractivity contribution in [1.29, 1.82) is 0 Å². The molecule has 0 unspecified atom stereocenters. The molecule has 0 radical (unpaired) electrons. The molecule has 0 aliphatic heterocycles. The van der Waals surface area contributed by atoms with Crippen LogP contribution in [0.15, 0.2) is 42.5 Å². The van der Waals surface area contributed by atoms with Gasteiger partial charge in [0.15, 0.2) is 0 Å². The molecule has 0 amide bonds. The second-order valence-corrected chi connectivity index (χ2v) is 7.60. The zero-order valence-electron chi connectivity index (χ0n) is 17.4. The van der Waals surface area contributed by atoms with Gasteiger partial charge in [0.25, 0.3) is 0 Å². The minimum absolute atomic E-state index is 0.0125. The van der Waals surface area contributed by atoms with Crippen molar-refractivity contribution in [3.8, 4) is 0 Å². The molecule has 4 nitrogen and oxygen atoms in total. The van der Waals surface area contributed by atoms with Gasteiger partial charge in [-0.1, -0.05) is 42.5 Å². The summed E-state index contributed by atoms with van der Waals surface area (Å²) in [6.07, 6.45) is 7.89. The summed E-state index contributed by atoms with van der Waals surface area (Å²) in [5, 5.41) is 8.89. The summed E-state index contributed by atoms with van der Waals surface area (Å²) >= 11 is 0. The molecule has 1 aliphatic carbocycles. The zero-order valence-corrected chi connectivity index (χ0v) is 17.4. The van der Waals surface area contributed by atoms with Crippen molar-refractivity contribution in [2.75, 3.05) is 33.9 Å². The van der Waals surface area contributed by atoms with E-state index in [9.17, 15) is 4.79 Å². The van der Waals surface area contributed by atoms with Crippen molar-refractivity contribution in [2.45, 2.75) is 19.8 Å². The Bertz CT molecular complexity index is 941. The number of aryl methyl sites for hydroxylation is 1. The molecule has 0 spiro atoms. The fraction of sp³-hybridized carbons (Fsp3) is 0.320. The Morgan fingerprint density at radius 3 is 2.66 bits per heavy atom. The molecule has 0 heterocycles. The number of aliphatic hydroxyl groups is 1. The fourth-order valence-corrected chi connectivity index (χ4v) is 3.63. The number of aliphatic hydroxyl groups excluding tert-OH is 1. The number of ether oxygens (including phenoxy) is 1. The number of hydrogen-bond acceptors (Lipinski definition) is 4. The second-order valence-electron chi connectivity index (χ2n) is 7.60. The van der Waals surface area contributed by atoms with Gasteiger partial charge in [0.2, 0.25) is 0 Å². The highest BCUT2D eigenvalue weighted by molar-refractivity contribution is 5.98. The third-order valence-electron chi connectivity index (χ3n) is 5.02. The van der Waals surface area contributed by atoms with Crippen LogP contribution >= 0.6 is 0 Å². The maximum atomic E-state index is 12.4. The molecule has 1 N–H and O–H groups in total. The minimum atomic E-state index is -0.349. The summed E-state index contributed by atoms with van der Waals surface area (Å²) in [7, 11) is 4.16. The Balaban J connectivity index is 2.04. The fourth-order valence-electron chi connectivity index (χ4n) is 3.63. The topological polar surface area (TPSA) is 49.8 Å². The van der Waals surface area contributed by atoms with Crippen molar-refractivity contribution in [2.24, 2.45) is 0 Å². The molecule has 2 aromatic rings. The third-order valence-corrected chi connectivity index (χ3v) is 5.02. The van der Waals surface area contributed by atoms with E-state index in [0.717, 1.165) is 29.7 Å². The summed E-state index contributed by atoms with van der Waals surface area (Å²) < 4.78 is 5.28. The van der Waals surface area contributed by atoms with Gasteiger partial charge in [-0.3, -0.25) is 0 Å². The minimum Gasteiger partial charge on any atom is -0.462 e. The van der Waals surface area contributed by atoms with Gasteiger partial charge in [-0.2, -0.15) is 0 Å². The lowest BCUT2D eigenvalue weighted by atomic mass is 9.88. The second kappa shape index (κ2) is 9.68. The lowest BCUT2D eigenvalue weighted by Crippen LogP contribution is -2.12. The van der Waals surface area contributed by atoms with Gasteiger partial charge in [-0.05, 0) is 73.0 Å². The Morgan fingerprint density at radius 1 is 1.14 bits per heavy atom. The van der Waals surface area contributed by atoms with Crippen molar-refractivity contribution in [3.05, 3.63) is 75.9 Å². The average Bonchev–Trinajstić information content (AvgIpc) is 2.85. The molecule has 3 rings (SSSR count). The van der Waals surface area contributed by atoms with Gasteiger partial charge in [-0.15, -0.1) is 0 Å². The van der Waals surface area contributed by atoms with Crippen LogP contribution in [0.4, 0.5) is 0 Å². The first kappa shape index (κ1) is 21.0. The van der Waals surface area contributed by atoms with Gasteiger partial charge in [0, 0.05) is 19.6 Å². The summed E-state index contributed by atoms with van der Waals surface area (Å²) in [5.41, 5.74) is 7.37. The predicted octanol–water partition coefficient (Wildman–Crippen LogP) is 4.40. The van der Waals surface area contributed by atoms with E-state index in [1.165, 1.54) is 16.7 Å². The van der Waals surface area contributed by atoms with E-state index >= 15 is 0 Å². The Hall–Kier alpha value is -2.69. The van der Waals surface area contributed by atoms with E-state index in [4.69, 9.17) is 9.84 Å². The van der Waals surface area contributed by atoms with Crippen LogP contribution in [0.3, 0.4) is 0 Å². The van der Waals surface area contributed by atoms with E-state index in [2.05, 4.69) is 55.4 Å². The highest BCUT2D eigenvalue weighted by Crippen LogP contribution is 2.36. The Morgan fingerprint density at radius 2 is 1.90 bits per heavy atom. The molecule has 1 aliphatic rings. The van der Waals surface area contributed by atoms with Crippen LogP contribution in [0, 0.1) is 6.92 Å². The van der Waals surface area contributed by atoms with Crippen LogP contribution in [-0.4, -0.2) is 49.8 Å². The molecule has 4 heteroatoms. The maximum absolute atomic E-state index is 12.4. The quantitative estimate of drug-likeness (QED) is 0.479. The smallest absolute Gasteiger partial charge is 0.338 e. The average molecular weight is 392 g/mol. The number of carbonyl (C=O) groups is 1. The van der Waals surface area contributed by atoms with Crippen LogP contribution in [0.1, 0.15) is 51.0 Å². The molecule has 0 saturated heterocycles. The number of hydrogen-bond donors (Lipinski definition) is 1. The van der Waals surface area contributed by atoms with E-state index in [-0.39, 0.29) is 19.2 Å². The first-order chi connectivity index (χ1) is 14.0. The highest BCUT2D eigenvalue weighted by atomic mass is 16.5. The van der Waals surface area contributed by atoms with Crippen LogP contribution in [0.25, 0.3) is 17.7 Å². The van der Waals surface area contributed by atoms with Crippen LogP contribution in [-0.2, 0) is 4.74 Å². The molecule has 0 aromatic heterocycles.